The van der Waals surface area contributed by atoms with E-state index < -0.39 is 17.7 Å². The van der Waals surface area contributed by atoms with E-state index in [9.17, 15) is 14.0 Å². The first-order valence-electron chi connectivity index (χ1n) is 7.96. The summed E-state index contributed by atoms with van der Waals surface area (Å²) in [6.45, 7) is 0.585. The topological polar surface area (TPSA) is 84.9 Å². The number of benzene rings is 1. The SMILES string of the molecule is COCCOc1ccc(NC(=O)C2CCCC(C(=O)O)C2)cc1F. The average Bonchev–Trinajstić information content (AvgIpc) is 2.57. The molecule has 6 nitrogen and oxygen atoms in total. The number of aliphatic carboxylic acids is 1. The number of methoxy groups -OCH3 is 1. The smallest absolute Gasteiger partial charge is 0.306 e. The standard InChI is InChI=1S/C17H22FNO5/c1-23-7-8-24-15-6-5-13(10-14(15)18)19-16(20)11-3-2-4-12(9-11)17(21)22/h5-6,10-12H,2-4,7-9H2,1H3,(H,19,20)(H,21,22). The lowest BCUT2D eigenvalue weighted by Gasteiger charge is -2.25. The van der Waals surface area contributed by atoms with Crippen LogP contribution in [0.4, 0.5) is 10.1 Å². The summed E-state index contributed by atoms with van der Waals surface area (Å²) < 4.78 is 24.0. The molecule has 1 fully saturated rings. The molecular weight excluding hydrogens is 317 g/mol. The molecule has 1 aliphatic carbocycles. The molecule has 7 heteroatoms. The lowest BCUT2D eigenvalue weighted by atomic mass is 9.81. The Balaban J connectivity index is 1.94. The lowest BCUT2D eigenvalue weighted by Crippen LogP contribution is -2.30. The summed E-state index contributed by atoms with van der Waals surface area (Å²) in [6.07, 6.45) is 2.27. The number of carbonyl (C=O) groups excluding carboxylic acids is 1. The van der Waals surface area contributed by atoms with E-state index in [0.29, 0.717) is 38.0 Å². The molecule has 0 aromatic heterocycles. The minimum absolute atomic E-state index is 0.0913. The quantitative estimate of drug-likeness (QED) is 0.746. The summed E-state index contributed by atoms with van der Waals surface area (Å²) in [6, 6.07) is 4.19. The van der Waals surface area contributed by atoms with Gasteiger partial charge >= 0.3 is 5.97 Å². The van der Waals surface area contributed by atoms with Gasteiger partial charge in [0.15, 0.2) is 11.6 Å². The van der Waals surface area contributed by atoms with Crippen molar-refractivity contribution in [2.45, 2.75) is 25.7 Å². The van der Waals surface area contributed by atoms with E-state index in [1.165, 1.54) is 19.2 Å². The monoisotopic (exact) mass is 339 g/mol. The molecular formula is C17H22FNO5. The third-order valence-corrected chi connectivity index (χ3v) is 4.14. The van der Waals surface area contributed by atoms with Gasteiger partial charge in [0.25, 0.3) is 0 Å². The third-order valence-electron chi connectivity index (χ3n) is 4.14. The molecule has 0 saturated heterocycles. The lowest BCUT2D eigenvalue weighted by molar-refractivity contribution is -0.143. The molecule has 24 heavy (non-hydrogen) atoms. The zero-order valence-corrected chi connectivity index (χ0v) is 13.6. The maximum atomic E-state index is 13.9. The highest BCUT2D eigenvalue weighted by atomic mass is 19.1. The molecule has 1 amide bonds. The van der Waals surface area contributed by atoms with Crippen LogP contribution in [0.5, 0.6) is 5.75 Å². The van der Waals surface area contributed by atoms with E-state index in [0.717, 1.165) is 0 Å². The third kappa shape index (κ3) is 4.92. The molecule has 1 aliphatic rings. The molecule has 132 valence electrons. The molecule has 1 aromatic rings. The number of nitrogens with one attached hydrogen (secondary N) is 1. The molecule has 2 N–H and O–H groups in total. The zero-order chi connectivity index (χ0) is 17.5. The Hall–Kier alpha value is -2.15. The largest absolute Gasteiger partial charge is 0.488 e. The fourth-order valence-corrected chi connectivity index (χ4v) is 2.83. The molecule has 2 rings (SSSR count). The molecule has 0 bridgehead atoms. The summed E-state index contributed by atoms with van der Waals surface area (Å²) in [4.78, 5) is 23.3. The van der Waals surface area contributed by atoms with Crippen LogP contribution in [-0.2, 0) is 14.3 Å². The number of hydrogen-bond acceptors (Lipinski definition) is 4. The van der Waals surface area contributed by atoms with Gasteiger partial charge in [-0.25, -0.2) is 4.39 Å². The first-order chi connectivity index (χ1) is 11.5. The van der Waals surface area contributed by atoms with Gasteiger partial charge in [-0.2, -0.15) is 0 Å². The van der Waals surface area contributed by atoms with Crippen molar-refractivity contribution in [3.8, 4) is 5.75 Å². The van der Waals surface area contributed by atoms with Gasteiger partial charge in [-0.3, -0.25) is 9.59 Å². The second-order valence-corrected chi connectivity index (χ2v) is 5.87. The molecule has 0 aliphatic heterocycles. The second kappa shape index (κ2) is 8.63. The number of carbonyl (C=O) groups is 2. The maximum absolute atomic E-state index is 13.9. The van der Waals surface area contributed by atoms with E-state index >= 15 is 0 Å². The normalized spacial score (nSPS) is 20.4. The Bertz CT molecular complexity index is 592. The summed E-state index contributed by atoms with van der Waals surface area (Å²) in [7, 11) is 1.53. The highest BCUT2D eigenvalue weighted by Crippen LogP contribution is 2.30. The van der Waals surface area contributed by atoms with Crippen molar-refractivity contribution >= 4 is 17.6 Å². The predicted octanol–water partition coefficient (Wildman–Crippen LogP) is 2.68. The minimum atomic E-state index is -0.865. The molecule has 0 heterocycles. The number of ether oxygens (including phenoxy) is 2. The molecule has 0 radical (unpaired) electrons. The van der Waals surface area contributed by atoms with Crippen molar-refractivity contribution in [2.75, 3.05) is 25.6 Å². The Kier molecular flexibility index (Phi) is 6.54. The Morgan fingerprint density at radius 2 is 2.04 bits per heavy atom. The minimum Gasteiger partial charge on any atom is -0.488 e. The van der Waals surface area contributed by atoms with Gasteiger partial charge in [0, 0.05) is 24.8 Å². The zero-order valence-electron chi connectivity index (χ0n) is 13.6. The van der Waals surface area contributed by atoms with Crippen molar-refractivity contribution in [1.82, 2.24) is 0 Å². The summed E-state index contributed by atoms with van der Waals surface area (Å²) in [5, 5.41) is 11.7. The fourth-order valence-electron chi connectivity index (χ4n) is 2.83. The summed E-state index contributed by atoms with van der Waals surface area (Å²) in [5.74, 6) is -2.46. The van der Waals surface area contributed by atoms with Crippen LogP contribution in [-0.4, -0.2) is 37.3 Å². The highest BCUT2D eigenvalue weighted by molar-refractivity contribution is 5.93. The van der Waals surface area contributed by atoms with Gasteiger partial charge in [-0.1, -0.05) is 6.42 Å². The van der Waals surface area contributed by atoms with Crippen molar-refractivity contribution in [1.29, 1.82) is 0 Å². The van der Waals surface area contributed by atoms with Crippen LogP contribution in [0.1, 0.15) is 25.7 Å². The van der Waals surface area contributed by atoms with Crippen molar-refractivity contribution in [3.05, 3.63) is 24.0 Å². The summed E-state index contributed by atoms with van der Waals surface area (Å²) >= 11 is 0. The highest BCUT2D eigenvalue weighted by Gasteiger charge is 2.31. The fraction of sp³-hybridized carbons (Fsp3) is 0.529. The van der Waals surface area contributed by atoms with E-state index in [-0.39, 0.29) is 24.2 Å². The van der Waals surface area contributed by atoms with Crippen molar-refractivity contribution in [2.24, 2.45) is 11.8 Å². The number of carboxylic acids is 1. The number of amides is 1. The maximum Gasteiger partial charge on any atom is 0.306 e. The van der Waals surface area contributed by atoms with Gasteiger partial charge in [0.2, 0.25) is 5.91 Å². The molecule has 1 saturated carbocycles. The van der Waals surface area contributed by atoms with Crippen LogP contribution >= 0.6 is 0 Å². The van der Waals surface area contributed by atoms with E-state index in [4.69, 9.17) is 14.6 Å². The Morgan fingerprint density at radius 1 is 1.29 bits per heavy atom. The first kappa shape index (κ1) is 18.2. The van der Waals surface area contributed by atoms with Crippen LogP contribution in [0.3, 0.4) is 0 Å². The first-order valence-corrected chi connectivity index (χ1v) is 7.96. The number of anilines is 1. The van der Waals surface area contributed by atoms with Crippen molar-refractivity contribution < 1.29 is 28.6 Å². The van der Waals surface area contributed by atoms with Gasteiger partial charge in [0.05, 0.1) is 12.5 Å². The molecule has 2 unspecified atom stereocenters. The molecule has 2 atom stereocenters. The van der Waals surface area contributed by atoms with Gasteiger partial charge in [0.1, 0.15) is 6.61 Å². The average molecular weight is 339 g/mol. The number of halogens is 1. The van der Waals surface area contributed by atoms with Gasteiger partial charge in [-0.05, 0) is 31.4 Å². The van der Waals surface area contributed by atoms with Crippen LogP contribution in [0.25, 0.3) is 0 Å². The van der Waals surface area contributed by atoms with Crippen LogP contribution in [0, 0.1) is 17.7 Å². The number of rotatable bonds is 7. The van der Waals surface area contributed by atoms with Crippen LogP contribution in [0.2, 0.25) is 0 Å². The van der Waals surface area contributed by atoms with Crippen LogP contribution < -0.4 is 10.1 Å². The van der Waals surface area contributed by atoms with Crippen molar-refractivity contribution in [3.63, 3.8) is 0 Å². The van der Waals surface area contributed by atoms with Crippen LogP contribution in [0.15, 0.2) is 18.2 Å². The number of carboxylic acid groups (broad SMARTS) is 1. The van der Waals surface area contributed by atoms with Gasteiger partial charge in [-0.15, -0.1) is 0 Å². The number of hydrogen-bond donors (Lipinski definition) is 2. The van der Waals surface area contributed by atoms with E-state index in [1.807, 2.05) is 0 Å². The second-order valence-electron chi connectivity index (χ2n) is 5.87. The predicted molar refractivity (Wildman–Crippen MR) is 85.5 cm³/mol. The van der Waals surface area contributed by atoms with Gasteiger partial charge < -0.3 is 19.9 Å². The Morgan fingerprint density at radius 3 is 2.71 bits per heavy atom. The Labute approximate surface area is 139 Å². The van der Waals surface area contributed by atoms with E-state index in [1.54, 1.807) is 6.07 Å². The summed E-state index contributed by atoms with van der Waals surface area (Å²) in [5.41, 5.74) is 0.328. The molecule has 1 aromatic carbocycles. The molecule has 0 spiro atoms. The van der Waals surface area contributed by atoms with E-state index in [2.05, 4.69) is 5.32 Å².